The zero-order valence-corrected chi connectivity index (χ0v) is 17.5. The summed E-state index contributed by atoms with van der Waals surface area (Å²) < 4.78 is 6.36. The Bertz CT molecular complexity index is 1320. The van der Waals surface area contributed by atoms with Crippen molar-refractivity contribution in [1.82, 2.24) is 4.57 Å². The molecule has 0 saturated carbocycles. The van der Waals surface area contributed by atoms with E-state index in [0.717, 1.165) is 16.5 Å². The fourth-order valence-electron chi connectivity index (χ4n) is 3.56. The molecule has 4 rings (SSSR count). The number of para-hydroxylation sites is 1. The third-order valence-corrected chi connectivity index (χ3v) is 4.99. The van der Waals surface area contributed by atoms with Gasteiger partial charge in [-0.15, -0.1) is 10.2 Å². The number of ether oxygens (including phenoxy) is 1. The van der Waals surface area contributed by atoms with Gasteiger partial charge in [-0.25, -0.2) is 0 Å². The molecule has 0 atom stereocenters. The molecule has 1 aromatic heterocycles. The molecule has 4 aromatic rings. The summed E-state index contributed by atoms with van der Waals surface area (Å²) in [6, 6.07) is 20.7. The molecule has 8 heteroatoms. The highest BCUT2D eigenvalue weighted by Crippen LogP contribution is 2.38. The molecule has 0 saturated heterocycles. The average Bonchev–Trinajstić information content (AvgIpc) is 3.07. The van der Waals surface area contributed by atoms with Crippen molar-refractivity contribution in [3.8, 4) is 5.88 Å². The molecule has 0 unspecified atom stereocenters. The van der Waals surface area contributed by atoms with Gasteiger partial charge in [-0.05, 0) is 24.4 Å². The second kappa shape index (κ2) is 9.30. The third-order valence-electron chi connectivity index (χ3n) is 4.99. The van der Waals surface area contributed by atoms with Crippen molar-refractivity contribution >= 4 is 44.9 Å². The van der Waals surface area contributed by atoms with Crippen molar-refractivity contribution in [2.45, 2.75) is 13.5 Å². The molecule has 2 N–H and O–H groups in total. The molecule has 0 aliphatic carbocycles. The zero-order chi connectivity index (χ0) is 22.5. The van der Waals surface area contributed by atoms with Crippen molar-refractivity contribution in [3.63, 3.8) is 0 Å². The number of hydrogen-bond acceptors (Lipinski definition) is 6. The number of nitrogens with zero attached hydrogens (tertiary/aromatic N) is 3. The molecule has 0 bridgehead atoms. The molecule has 1 amide bonds. The lowest BCUT2D eigenvalue weighted by molar-refractivity contribution is -0.143. The molecular formula is C24H22N4O4. The van der Waals surface area contributed by atoms with Gasteiger partial charge >= 0.3 is 5.97 Å². The number of aromatic nitrogens is 1. The van der Waals surface area contributed by atoms with Gasteiger partial charge in [0.1, 0.15) is 6.54 Å². The first-order valence-corrected chi connectivity index (χ1v) is 10.2. The first kappa shape index (κ1) is 21.0. The van der Waals surface area contributed by atoms with Crippen molar-refractivity contribution < 1.29 is 19.4 Å². The number of aromatic hydroxyl groups is 1. The van der Waals surface area contributed by atoms with Gasteiger partial charge in [0.2, 0.25) is 5.88 Å². The Morgan fingerprint density at radius 3 is 2.53 bits per heavy atom. The lowest BCUT2D eigenvalue weighted by Crippen LogP contribution is -2.12. The summed E-state index contributed by atoms with van der Waals surface area (Å²) >= 11 is 0. The van der Waals surface area contributed by atoms with E-state index in [1.807, 2.05) is 42.5 Å². The van der Waals surface area contributed by atoms with Crippen molar-refractivity contribution in [2.24, 2.45) is 10.2 Å². The Balaban J connectivity index is 1.54. The van der Waals surface area contributed by atoms with E-state index in [9.17, 15) is 14.7 Å². The summed E-state index contributed by atoms with van der Waals surface area (Å²) in [7, 11) is 0. The summed E-state index contributed by atoms with van der Waals surface area (Å²) in [6.45, 7) is 1.72. The van der Waals surface area contributed by atoms with Crippen LogP contribution in [0.4, 0.5) is 11.4 Å². The average molecular weight is 430 g/mol. The Morgan fingerprint density at radius 1 is 1.00 bits per heavy atom. The van der Waals surface area contributed by atoms with Crippen LogP contribution in [0.2, 0.25) is 0 Å². The largest absolute Gasteiger partial charge is 0.493 e. The van der Waals surface area contributed by atoms with Crippen LogP contribution >= 0.6 is 0 Å². The van der Waals surface area contributed by atoms with Crippen LogP contribution < -0.4 is 5.32 Å². The summed E-state index contributed by atoms with van der Waals surface area (Å²) in [5.41, 5.74) is 1.54. The van der Waals surface area contributed by atoms with Crippen LogP contribution in [0.5, 0.6) is 5.88 Å². The Kier molecular flexibility index (Phi) is 6.12. The number of esters is 1. The SMILES string of the molecule is CCOC(=O)Cn1c(O)c(N=NC(=O)CNc2cccc3ccccc23)c2ccccc21. The number of carbonyl (C=O) groups excluding carboxylic acids is 2. The van der Waals surface area contributed by atoms with Crippen LogP contribution in [0.1, 0.15) is 6.92 Å². The molecule has 0 fully saturated rings. The lowest BCUT2D eigenvalue weighted by atomic mass is 10.1. The third kappa shape index (κ3) is 4.29. The predicted octanol–water partition coefficient (Wildman–Crippen LogP) is 4.79. The molecule has 1 heterocycles. The number of benzene rings is 3. The maximum atomic E-state index is 12.4. The highest BCUT2D eigenvalue weighted by atomic mass is 16.5. The first-order chi connectivity index (χ1) is 15.6. The summed E-state index contributed by atoms with van der Waals surface area (Å²) in [6.07, 6.45) is 0. The van der Waals surface area contributed by atoms with E-state index in [-0.39, 0.29) is 31.3 Å². The molecule has 0 aliphatic rings. The number of rotatable bonds is 7. The van der Waals surface area contributed by atoms with Gasteiger partial charge < -0.3 is 15.2 Å². The van der Waals surface area contributed by atoms with Crippen LogP contribution in [0, 0.1) is 0 Å². The van der Waals surface area contributed by atoms with Gasteiger partial charge in [-0.2, -0.15) is 0 Å². The fourth-order valence-corrected chi connectivity index (χ4v) is 3.56. The number of hydrogen-bond donors (Lipinski definition) is 2. The maximum absolute atomic E-state index is 12.4. The summed E-state index contributed by atoms with van der Waals surface area (Å²) in [5, 5.41) is 24.1. The Hall–Kier alpha value is -4.20. The van der Waals surface area contributed by atoms with Crippen LogP contribution in [0.3, 0.4) is 0 Å². The van der Waals surface area contributed by atoms with E-state index in [1.54, 1.807) is 31.2 Å². The van der Waals surface area contributed by atoms with Crippen LogP contribution in [0.25, 0.3) is 21.7 Å². The molecule has 0 radical (unpaired) electrons. The minimum absolute atomic E-state index is 0.0558. The standard InChI is InChI=1S/C24H22N4O4/c1-2-32-22(30)15-28-20-13-6-5-11-18(20)23(24(28)31)27-26-21(29)14-25-19-12-7-9-16-8-3-4-10-17(16)19/h3-13,25,31H,2,14-15H2,1H3. The van der Waals surface area contributed by atoms with E-state index in [4.69, 9.17) is 4.74 Å². The molecular weight excluding hydrogens is 408 g/mol. The summed E-state index contributed by atoms with van der Waals surface area (Å²) in [4.78, 5) is 24.3. The second-order valence-electron chi connectivity index (χ2n) is 7.05. The van der Waals surface area contributed by atoms with E-state index >= 15 is 0 Å². The van der Waals surface area contributed by atoms with Gasteiger partial charge in [0, 0.05) is 16.5 Å². The zero-order valence-electron chi connectivity index (χ0n) is 17.5. The Labute approximate surface area is 184 Å². The van der Waals surface area contributed by atoms with Crippen molar-refractivity contribution in [1.29, 1.82) is 0 Å². The molecule has 0 aliphatic heterocycles. The number of amides is 1. The highest BCUT2D eigenvalue weighted by Gasteiger charge is 2.19. The van der Waals surface area contributed by atoms with Crippen LogP contribution in [0.15, 0.2) is 77.0 Å². The summed E-state index contributed by atoms with van der Waals surface area (Å²) in [5.74, 6) is -1.24. The maximum Gasteiger partial charge on any atom is 0.326 e. The van der Waals surface area contributed by atoms with Crippen molar-refractivity contribution in [3.05, 3.63) is 66.7 Å². The second-order valence-corrected chi connectivity index (χ2v) is 7.05. The van der Waals surface area contributed by atoms with Gasteiger partial charge in [0.25, 0.3) is 5.91 Å². The van der Waals surface area contributed by atoms with E-state index in [1.165, 1.54) is 4.57 Å². The van der Waals surface area contributed by atoms with E-state index < -0.39 is 11.9 Å². The van der Waals surface area contributed by atoms with Gasteiger partial charge in [0.05, 0.1) is 18.7 Å². The number of anilines is 1. The van der Waals surface area contributed by atoms with Gasteiger partial charge in [-0.1, -0.05) is 54.6 Å². The van der Waals surface area contributed by atoms with Gasteiger partial charge in [0.15, 0.2) is 5.69 Å². The molecule has 162 valence electrons. The smallest absolute Gasteiger partial charge is 0.326 e. The molecule has 0 spiro atoms. The number of fused-ring (bicyclic) bond motifs is 2. The Morgan fingerprint density at radius 2 is 1.72 bits per heavy atom. The molecule has 3 aromatic carbocycles. The predicted molar refractivity (Wildman–Crippen MR) is 122 cm³/mol. The topological polar surface area (TPSA) is 105 Å². The van der Waals surface area contributed by atoms with Gasteiger partial charge in [-0.3, -0.25) is 14.2 Å². The van der Waals surface area contributed by atoms with E-state index in [2.05, 4.69) is 15.5 Å². The normalized spacial score (nSPS) is 11.3. The highest BCUT2D eigenvalue weighted by molar-refractivity contribution is 5.97. The lowest BCUT2D eigenvalue weighted by Gasteiger charge is -2.07. The number of azo groups is 1. The van der Waals surface area contributed by atoms with Crippen LogP contribution in [-0.2, 0) is 20.9 Å². The van der Waals surface area contributed by atoms with Crippen LogP contribution in [-0.4, -0.2) is 34.7 Å². The fraction of sp³-hybridized carbons (Fsp3) is 0.167. The quantitative estimate of drug-likeness (QED) is 0.324. The minimum Gasteiger partial charge on any atom is -0.493 e. The molecule has 32 heavy (non-hydrogen) atoms. The monoisotopic (exact) mass is 430 g/mol. The van der Waals surface area contributed by atoms with Crippen molar-refractivity contribution in [2.75, 3.05) is 18.5 Å². The number of nitrogens with one attached hydrogen (secondary N) is 1. The molecule has 8 nitrogen and oxygen atoms in total. The first-order valence-electron chi connectivity index (χ1n) is 10.2. The van der Waals surface area contributed by atoms with E-state index in [0.29, 0.717) is 10.9 Å². The number of carbonyl (C=O) groups is 2. The minimum atomic E-state index is -0.500.